The minimum atomic E-state index is 0.493. The summed E-state index contributed by atoms with van der Waals surface area (Å²) in [5.41, 5.74) is 8.72. The molecule has 0 saturated heterocycles. The van der Waals surface area contributed by atoms with Gasteiger partial charge in [0.2, 0.25) is 0 Å². The number of hydrogen-bond donors (Lipinski definition) is 1. The van der Waals surface area contributed by atoms with Crippen LogP contribution in [0.3, 0.4) is 0 Å². The van der Waals surface area contributed by atoms with E-state index in [4.69, 9.17) is 5.73 Å². The fourth-order valence-electron chi connectivity index (χ4n) is 1.44. The van der Waals surface area contributed by atoms with Crippen LogP contribution in [0.15, 0.2) is 18.5 Å². The number of halogens is 1. The Morgan fingerprint density at radius 3 is 2.56 bits per heavy atom. The molecule has 0 aliphatic carbocycles. The molecule has 0 amide bonds. The predicted molar refractivity (Wildman–Crippen MR) is 71.9 cm³/mol. The highest BCUT2D eigenvalue weighted by atomic mass is 127. The number of aryl methyl sites for hydroxylation is 2. The van der Waals surface area contributed by atoms with Gasteiger partial charge in [0.15, 0.2) is 5.82 Å². The SMILES string of the molecule is Cc1cnc(-c2ncc(I)c(N)n2)c(C)c1. The first-order chi connectivity index (χ1) is 7.58. The number of pyridine rings is 1. The maximum atomic E-state index is 5.75. The third-order valence-electron chi connectivity index (χ3n) is 2.20. The lowest BCUT2D eigenvalue weighted by atomic mass is 10.1. The zero-order valence-electron chi connectivity index (χ0n) is 9.03. The highest BCUT2D eigenvalue weighted by Crippen LogP contribution is 2.20. The van der Waals surface area contributed by atoms with E-state index in [0.717, 1.165) is 20.4 Å². The average molecular weight is 326 g/mol. The summed E-state index contributed by atoms with van der Waals surface area (Å²) in [5.74, 6) is 1.07. The molecule has 0 saturated carbocycles. The molecule has 0 aliphatic heterocycles. The normalized spacial score (nSPS) is 10.4. The van der Waals surface area contributed by atoms with Gasteiger partial charge in [0.05, 0.1) is 3.57 Å². The van der Waals surface area contributed by atoms with E-state index in [-0.39, 0.29) is 0 Å². The van der Waals surface area contributed by atoms with Crippen molar-refractivity contribution in [1.29, 1.82) is 0 Å². The summed E-state index contributed by atoms with van der Waals surface area (Å²) in [6.45, 7) is 4.00. The fourth-order valence-corrected chi connectivity index (χ4v) is 1.70. The Balaban J connectivity index is 2.54. The van der Waals surface area contributed by atoms with Gasteiger partial charge in [-0.25, -0.2) is 9.97 Å². The standard InChI is InChI=1S/C11H11IN4/c1-6-3-7(2)9(14-4-6)11-15-5-8(12)10(13)16-11/h3-5H,1-2H3,(H2,13,15,16). The molecule has 0 atom stereocenters. The van der Waals surface area contributed by atoms with E-state index < -0.39 is 0 Å². The molecule has 0 radical (unpaired) electrons. The van der Waals surface area contributed by atoms with Gasteiger partial charge in [-0.3, -0.25) is 4.98 Å². The summed E-state index contributed by atoms with van der Waals surface area (Å²) in [4.78, 5) is 12.8. The van der Waals surface area contributed by atoms with E-state index >= 15 is 0 Å². The third kappa shape index (κ3) is 2.13. The second-order valence-electron chi connectivity index (χ2n) is 3.60. The highest BCUT2D eigenvalue weighted by Gasteiger charge is 2.08. The topological polar surface area (TPSA) is 64.7 Å². The zero-order valence-corrected chi connectivity index (χ0v) is 11.2. The largest absolute Gasteiger partial charge is 0.383 e. The van der Waals surface area contributed by atoms with Crippen LogP contribution in [0.4, 0.5) is 5.82 Å². The summed E-state index contributed by atoms with van der Waals surface area (Å²) in [6.07, 6.45) is 3.51. The Morgan fingerprint density at radius 1 is 1.19 bits per heavy atom. The molecule has 0 aromatic carbocycles. The molecule has 0 fully saturated rings. The number of nitrogen functional groups attached to an aromatic ring is 1. The van der Waals surface area contributed by atoms with Crippen LogP contribution in [-0.4, -0.2) is 15.0 Å². The van der Waals surface area contributed by atoms with Crippen molar-refractivity contribution in [3.8, 4) is 11.5 Å². The Bertz CT molecular complexity index is 540. The number of nitrogens with zero attached hydrogens (tertiary/aromatic N) is 3. The van der Waals surface area contributed by atoms with Crippen LogP contribution < -0.4 is 5.73 Å². The van der Waals surface area contributed by atoms with Crippen LogP contribution in [0.5, 0.6) is 0 Å². The van der Waals surface area contributed by atoms with Crippen LogP contribution in [0.25, 0.3) is 11.5 Å². The van der Waals surface area contributed by atoms with Gasteiger partial charge in [-0.1, -0.05) is 6.07 Å². The maximum Gasteiger partial charge on any atom is 0.180 e. The van der Waals surface area contributed by atoms with E-state index in [1.165, 1.54) is 0 Å². The molecule has 82 valence electrons. The van der Waals surface area contributed by atoms with E-state index in [0.29, 0.717) is 11.6 Å². The van der Waals surface area contributed by atoms with Crippen molar-refractivity contribution < 1.29 is 0 Å². The lowest BCUT2D eigenvalue weighted by Gasteiger charge is -2.05. The monoisotopic (exact) mass is 326 g/mol. The Kier molecular flexibility index (Phi) is 3.04. The van der Waals surface area contributed by atoms with Gasteiger partial charge >= 0.3 is 0 Å². The molecule has 2 aromatic heterocycles. The number of aromatic nitrogens is 3. The molecule has 2 aromatic rings. The lowest BCUT2D eigenvalue weighted by molar-refractivity contribution is 1.11. The number of anilines is 1. The molecule has 0 unspecified atom stereocenters. The molecular weight excluding hydrogens is 315 g/mol. The lowest BCUT2D eigenvalue weighted by Crippen LogP contribution is -2.00. The first-order valence-corrected chi connectivity index (χ1v) is 5.87. The Labute approximate surface area is 107 Å². The van der Waals surface area contributed by atoms with Crippen molar-refractivity contribution in [2.75, 3.05) is 5.73 Å². The van der Waals surface area contributed by atoms with Gasteiger partial charge in [0, 0.05) is 12.4 Å². The zero-order chi connectivity index (χ0) is 11.7. The van der Waals surface area contributed by atoms with Gasteiger partial charge in [-0.2, -0.15) is 0 Å². The van der Waals surface area contributed by atoms with Gasteiger partial charge in [-0.05, 0) is 47.6 Å². The fraction of sp³-hybridized carbons (Fsp3) is 0.182. The Hall–Kier alpha value is -1.24. The molecule has 4 nitrogen and oxygen atoms in total. The molecule has 2 N–H and O–H groups in total. The van der Waals surface area contributed by atoms with Crippen molar-refractivity contribution in [3.05, 3.63) is 33.2 Å². The van der Waals surface area contributed by atoms with Crippen LogP contribution >= 0.6 is 22.6 Å². The van der Waals surface area contributed by atoms with Crippen molar-refractivity contribution in [2.24, 2.45) is 0 Å². The van der Waals surface area contributed by atoms with Crippen molar-refractivity contribution in [3.63, 3.8) is 0 Å². The van der Waals surface area contributed by atoms with E-state index in [1.54, 1.807) is 12.4 Å². The summed E-state index contributed by atoms with van der Waals surface area (Å²) < 4.78 is 0.853. The summed E-state index contributed by atoms with van der Waals surface area (Å²) in [5, 5.41) is 0. The van der Waals surface area contributed by atoms with Gasteiger partial charge in [-0.15, -0.1) is 0 Å². The second kappa shape index (κ2) is 4.32. The van der Waals surface area contributed by atoms with Crippen LogP contribution in [0, 0.1) is 17.4 Å². The van der Waals surface area contributed by atoms with E-state index in [9.17, 15) is 0 Å². The maximum absolute atomic E-state index is 5.75. The molecule has 0 aliphatic rings. The Morgan fingerprint density at radius 2 is 1.94 bits per heavy atom. The average Bonchev–Trinajstić information content (AvgIpc) is 2.22. The molecule has 2 rings (SSSR count). The van der Waals surface area contributed by atoms with Gasteiger partial charge < -0.3 is 5.73 Å². The van der Waals surface area contributed by atoms with Crippen molar-refractivity contribution in [1.82, 2.24) is 15.0 Å². The highest BCUT2D eigenvalue weighted by molar-refractivity contribution is 14.1. The molecular formula is C11H11IN4. The molecule has 5 heteroatoms. The van der Waals surface area contributed by atoms with Crippen LogP contribution in [-0.2, 0) is 0 Å². The van der Waals surface area contributed by atoms with Crippen LogP contribution in [0.2, 0.25) is 0 Å². The van der Waals surface area contributed by atoms with Crippen LogP contribution in [0.1, 0.15) is 11.1 Å². The van der Waals surface area contributed by atoms with Gasteiger partial charge in [0.25, 0.3) is 0 Å². The summed E-state index contributed by atoms with van der Waals surface area (Å²) in [6, 6.07) is 2.06. The predicted octanol–water partition coefficient (Wildman–Crippen LogP) is 2.34. The first kappa shape index (κ1) is 11.3. The first-order valence-electron chi connectivity index (χ1n) is 4.79. The smallest absolute Gasteiger partial charge is 0.180 e. The third-order valence-corrected chi connectivity index (χ3v) is 3.03. The molecule has 2 heterocycles. The summed E-state index contributed by atoms with van der Waals surface area (Å²) in [7, 11) is 0. The summed E-state index contributed by atoms with van der Waals surface area (Å²) >= 11 is 2.10. The van der Waals surface area contributed by atoms with Crippen molar-refractivity contribution in [2.45, 2.75) is 13.8 Å². The van der Waals surface area contributed by atoms with E-state index in [1.807, 2.05) is 13.8 Å². The van der Waals surface area contributed by atoms with Gasteiger partial charge in [0.1, 0.15) is 11.5 Å². The minimum Gasteiger partial charge on any atom is -0.383 e. The number of nitrogens with two attached hydrogens (primary N) is 1. The number of hydrogen-bond acceptors (Lipinski definition) is 4. The molecule has 0 spiro atoms. The second-order valence-corrected chi connectivity index (χ2v) is 4.77. The quantitative estimate of drug-likeness (QED) is 0.817. The minimum absolute atomic E-state index is 0.493. The molecule has 0 bridgehead atoms. The van der Waals surface area contributed by atoms with E-state index in [2.05, 4.69) is 43.6 Å². The number of rotatable bonds is 1. The molecule has 16 heavy (non-hydrogen) atoms. The van der Waals surface area contributed by atoms with Crippen molar-refractivity contribution >= 4 is 28.4 Å².